The number of carbonyl (C=O) groups excluding carboxylic acids is 1. The Morgan fingerprint density at radius 1 is 0.824 bits per heavy atom. The van der Waals surface area contributed by atoms with Crippen molar-refractivity contribution in [2.45, 2.75) is 38.2 Å². The van der Waals surface area contributed by atoms with Crippen LogP contribution in [0.3, 0.4) is 0 Å². The maximum absolute atomic E-state index is 13.3. The second-order valence-electron chi connectivity index (χ2n) is 13.0. The number of thioether (sulfide) groups is 1. The molecule has 0 saturated carbocycles. The number of carbonyl (C=O) groups is 1. The summed E-state index contributed by atoms with van der Waals surface area (Å²) in [6, 6.07) is 39.4. The topological polar surface area (TPSA) is 63.2 Å². The molecular weight excluding hydrogens is 674 g/mol. The Labute approximate surface area is 308 Å². The molecule has 2 atom stereocenters. The number of nitrogens with zero attached hydrogens (tertiary/aromatic N) is 2. The first-order valence-corrected chi connectivity index (χ1v) is 18.7. The first-order valence-electron chi connectivity index (χ1n) is 17.5. The molecule has 8 heteroatoms. The van der Waals surface area contributed by atoms with Crippen molar-refractivity contribution in [3.8, 4) is 11.5 Å². The van der Waals surface area contributed by atoms with Gasteiger partial charge in [0, 0.05) is 41.2 Å². The highest BCUT2D eigenvalue weighted by molar-refractivity contribution is 8.18. The van der Waals surface area contributed by atoms with Crippen LogP contribution in [0.5, 0.6) is 11.5 Å². The number of nitrogens with one attached hydrogen (secondary N) is 1. The van der Waals surface area contributed by atoms with Gasteiger partial charge in [-0.2, -0.15) is 0 Å². The molecule has 256 valence electrons. The first-order chi connectivity index (χ1) is 25.0. The van der Waals surface area contributed by atoms with Crippen molar-refractivity contribution in [2.24, 2.45) is 4.99 Å². The lowest BCUT2D eigenvalue weighted by Crippen LogP contribution is -2.37. The minimum atomic E-state index is -0.175. The number of hydrogen-bond donors (Lipinski definition) is 1. The van der Waals surface area contributed by atoms with Gasteiger partial charge in [-0.1, -0.05) is 96.5 Å². The third-order valence-corrected chi connectivity index (χ3v) is 11.1. The Bertz CT molecular complexity index is 2060. The number of hydrogen-bond acceptors (Lipinski definition) is 6. The smallest absolute Gasteiger partial charge is 0.264 e. The number of amides is 1. The van der Waals surface area contributed by atoms with Crippen molar-refractivity contribution in [2.75, 3.05) is 24.6 Å². The number of halogens is 1. The van der Waals surface area contributed by atoms with Crippen LogP contribution in [-0.2, 0) is 11.4 Å². The summed E-state index contributed by atoms with van der Waals surface area (Å²) in [5.74, 6) is 1.61. The molecule has 3 aliphatic rings. The molecule has 1 N–H and O–H groups in total. The highest BCUT2D eigenvalue weighted by atomic mass is 35.5. The second-order valence-corrected chi connectivity index (χ2v) is 14.4. The van der Waals surface area contributed by atoms with Crippen LogP contribution in [0.2, 0.25) is 5.02 Å². The van der Waals surface area contributed by atoms with E-state index in [0.717, 1.165) is 42.7 Å². The number of ether oxygens (including phenoxy) is 2. The lowest BCUT2D eigenvalue weighted by atomic mass is 9.76. The van der Waals surface area contributed by atoms with Crippen molar-refractivity contribution in [1.29, 1.82) is 0 Å². The van der Waals surface area contributed by atoms with Crippen LogP contribution in [0.25, 0.3) is 6.08 Å². The SMILES string of the molecule is CCOc1cc(/C=C2\SC(=Nc3cc4c5c(c3)[C@@H](c3ccccc3)CCN5CC[C@@H]4c3ccccc3)NC2=O)ccc1OCc1ccccc1Cl. The molecule has 1 saturated heterocycles. The number of rotatable bonds is 9. The molecule has 0 bridgehead atoms. The summed E-state index contributed by atoms with van der Waals surface area (Å²) >= 11 is 7.69. The molecule has 8 rings (SSSR count). The number of aliphatic imine (C=N–C) groups is 1. The number of amidine groups is 1. The molecule has 6 nitrogen and oxygen atoms in total. The Kier molecular flexibility index (Phi) is 9.57. The van der Waals surface area contributed by atoms with Crippen LogP contribution >= 0.6 is 23.4 Å². The van der Waals surface area contributed by atoms with Crippen LogP contribution in [0.15, 0.2) is 125 Å². The van der Waals surface area contributed by atoms with E-state index >= 15 is 0 Å². The predicted molar refractivity (Wildman–Crippen MR) is 209 cm³/mol. The molecule has 0 aromatic heterocycles. The van der Waals surface area contributed by atoms with E-state index in [9.17, 15) is 4.79 Å². The van der Waals surface area contributed by atoms with Crippen LogP contribution in [0.4, 0.5) is 11.4 Å². The molecule has 5 aromatic carbocycles. The third-order valence-electron chi connectivity index (χ3n) is 9.79. The van der Waals surface area contributed by atoms with Gasteiger partial charge in [-0.15, -0.1) is 0 Å². The van der Waals surface area contributed by atoms with Gasteiger partial charge in [-0.3, -0.25) is 4.79 Å². The third kappa shape index (κ3) is 7.01. The van der Waals surface area contributed by atoms with Gasteiger partial charge in [0.25, 0.3) is 5.91 Å². The Hall–Kier alpha value is -4.98. The van der Waals surface area contributed by atoms with E-state index in [1.807, 2.05) is 55.5 Å². The van der Waals surface area contributed by atoms with Gasteiger partial charge in [-0.25, -0.2) is 4.99 Å². The van der Waals surface area contributed by atoms with Crippen LogP contribution < -0.4 is 19.7 Å². The molecule has 3 heterocycles. The van der Waals surface area contributed by atoms with Gasteiger partial charge < -0.3 is 19.7 Å². The lowest BCUT2D eigenvalue weighted by Gasteiger charge is -2.43. The van der Waals surface area contributed by atoms with Gasteiger partial charge in [0.2, 0.25) is 0 Å². The van der Waals surface area contributed by atoms with Crippen molar-refractivity contribution in [3.05, 3.63) is 159 Å². The largest absolute Gasteiger partial charge is 0.490 e. The van der Waals surface area contributed by atoms with Crippen LogP contribution in [-0.4, -0.2) is 30.8 Å². The summed E-state index contributed by atoms with van der Waals surface area (Å²) in [6.45, 7) is 4.80. The van der Waals surface area contributed by atoms with Crippen molar-refractivity contribution in [3.63, 3.8) is 0 Å². The van der Waals surface area contributed by atoms with E-state index in [-0.39, 0.29) is 17.7 Å². The predicted octanol–water partition coefficient (Wildman–Crippen LogP) is 10.1. The van der Waals surface area contributed by atoms with Gasteiger partial charge in [0.1, 0.15) is 6.61 Å². The first kappa shape index (κ1) is 33.2. The molecule has 51 heavy (non-hydrogen) atoms. The molecule has 0 aliphatic carbocycles. The highest BCUT2D eigenvalue weighted by Gasteiger charge is 2.35. The summed E-state index contributed by atoms with van der Waals surface area (Å²) in [5.41, 5.74) is 9.22. The zero-order valence-corrected chi connectivity index (χ0v) is 29.9. The standard InChI is InChI=1S/C43H38ClN3O3S/c1-2-49-39-23-28(17-18-38(39)50-27-31-15-9-10-16-37(31)44)24-40-42(48)46-43(51-40)45-32-25-35-33(29-11-5-3-6-12-29)19-21-47-22-20-34(36(26-32)41(35)47)30-13-7-4-8-14-30/h3-18,23-26,33-34H,2,19-22,27H2,1H3,(H,45,46,48)/b40-24-/t33-,34-/m1/s1. The van der Waals surface area contributed by atoms with E-state index < -0.39 is 0 Å². The fraction of sp³-hybridized carbons (Fsp3) is 0.209. The lowest BCUT2D eigenvalue weighted by molar-refractivity contribution is -0.115. The molecule has 0 spiro atoms. The minimum absolute atomic E-state index is 0.175. The Morgan fingerprint density at radius 2 is 1.47 bits per heavy atom. The van der Waals surface area contributed by atoms with E-state index in [0.29, 0.717) is 39.8 Å². The zero-order chi connectivity index (χ0) is 34.7. The molecule has 0 radical (unpaired) electrons. The Morgan fingerprint density at radius 3 is 2.12 bits per heavy atom. The molecule has 1 amide bonds. The van der Waals surface area contributed by atoms with Crippen LogP contribution in [0, 0.1) is 0 Å². The quantitative estimate of drug-likeness (QED) is 0.154. The van der Waals surface area contributed by atoms with E-state index in [2.05, 4.69) is 83.0 Å². The molecule has 5 aromatic rings. The highest BCUT2D eigenvalue weighted by Crippen LogP contribution is 2.50. The summed E-state index contributed by atoms with van der Waals surface area (Å²) in [7, 11) is 0. The van der Waals surface area contributed by atoms with E-state index in [1.54, 1.807) is 0 Å². The molecule has 0 unspecified atom stereocenters. The number of anilines is 1. The summed E-state index contributed by atoms with van der Waals surface area (Å²) in [6.07, 6.45) is 3.98. The van der Waals surface area contributed by atoms with Crippen molar-refractivity contribution >= 4 is 51.9 Å². The minimum Gasteiger partial charge on any atom is -0.490 e. The maximum Gasteiger partial charge on any atom is 0.264 e. The molecular formula is C43H38ClN3O3S. The summed E-state index contributed by atoms with van der Waals surface area (Å²) < 4.78 is 12.0. The fourth-order valence-electron chi connectivity index (χ4n) is 7.43. The maximum atomic E-state index is 13.3. The molecule has 1 fully saturated rings. The van der Waals surface area contributed by atoms with E-state index in [1.165, 1.54) is 39.7 Å². The van der Waals surface area contributed by atoms with Crippen LogP contribution in [0.1, 0.15) is 65.0 Å². The monoisotopic (exact) mass is 711 g/mol. The van der Waals surface area contributed by atoms with Crippen molar-refractivity contribution < 1.29 is 14.3 Å². The van der Waals surface area contributed by atoms with Gasteiger partial charge in [-0.05, 0) is 95.8 Å². The van der Waals surface area contributed by atoms with Crippen molar-refractivity contribution in [1.82, 2.24) is 5.32 Å². The van der Waals surface area contributed by atoms with Gasteiger partial charge in [0.15, 0.2) is 16.7 Å². The second kappa shape index (κ2) is 14.7. The van der Waals surface area contributed by atoms with E-state index in [4.69, 9.17) is 26.1 Å². The average molecular weight is 712 g/mol. The fourth-order valence-corrected chi connectivity index (χ4v) is 8.46. The number of benzene rings is 5. The molecule has 3 aliphatic heterocycles. The zero-order valence-electron chi connectivity index (χ0n) is 28.3. The van der Waals surface area contributed by atoms with Gasteiger partial charge in [0.05, 0.1) is 17.2 Å². The average Bonchev–Trinajstić information content (AvgIpc) is 3.50. The summed E-state index contributed by atoms with van der Waals surface area (Å²) in [5, 5.41) is 4.24. The normalized spacial score (nSPS) is 19.6. The van der Waals surface area contributed by atoms with Gasteiger partial charge >= 0.3 is 0 Å². The Balaban J connectivity index is 1.10. The summed E-state index contributed by atoms with van der Waals surface area (Å²) in [4.78, 5) is 21.5.